The average Bonchev–Trinajstić information content (AvgIpc) is 2.46. The quantitative estimate of drug-likeness (QED) is 0.879. The van der Waals surface area contributed by atoms with Gasteiger partial charge in [0.25, 0.3) is 0 Å². The van der Waals surface area contributed by atoms with Crippen molar-refractivity contribution in [2.24, 2.45) is 0 Å². The average molecular weight is 285 g/mol. The van der Waals surface area contributed by atoms with Crippen LogP contribution in [0.2, 0.25) is 5.02 Å². The molecule has 0 amide bonds. The normalized spacial score (nSPS) is 22.8. The Labute approximate surface area is 117 Å². The van der Waals surface area contributed by atoms with Crippen LogP contribution in [0.3, 0.4) is 0 Å². The first-order valence-electron chi connectivity index (χ1n) is 6.40. The number of halogens is 1. The van der Waals surface area contributed by atoms with Crippen LogP contribution in [0.1, 0.15) is 0 Å². The van der Waals surface area contributed by atoms with Gasteiger partial charge in [0.2, 0.25) is 0 Å². The highest BCUT2D eigenvalue weighted by Crippen LogP contribution is 2.25. The summed E-state index contributed by atoms with van der Waals surface area (Å²) in [6.45, 7) is 5.51. The van der Waals surface area contributed by atoms with Crippen LogP contribution in [0.5, 0.6) is 0 Å². The van der Waals surface area contributed by atoms with Gasteiger partial charge in [-0.25, -0.2) is 9.97 Å². The van der Waals surface area contributed by atoms with E-state index in [9.17, 15) is 0 Å². The van der Waals surface area contributed by atoms with Crippen molar-refractivity contribution in [1.82, 2.24) is 14.9 Å². The molecule has 7 heteroatoms. The summed E-state index contributed by atoms with van der Waals surface area (Å²) >= 11 is 6.05. The van der Waals surface area contributed by atoms with E-state index >= 15 is 0 Å². The molecule has 0 unspecified atom stereocenters. The molecular weight excluding hydrogens is 268 g/mol. The van der Waals surface area contributed by atoms with Crippen LogP contribution in [-0.4, -0.2) is 66.5 Å². The predicted molar refractivity (Wildman–Crippen MR) is 71.5 cm³/mol. The van der Waals surface area contributed by atoms with Gasteiger partial charge >= 0.3 is 0 Å². The minimum absolute atomic E-state index is 0.120. The summed E-state index contributed by atoms with van der Waals surface area (Å²) in [5, 5.41) is 3.81. The molecule has 1 aromatic heterocycles. The van der Waals surface area contributed by atoms with Crippen molar-refractivity contribution in [1.29, 1.82) is 0 Å². The number of ether oxygens (including phenoxy) is 2. The van der Waals surface area contributed by atoms with E-state index in [1.807, 2.05) is 0 Å². The third-order valence-corrected chi connectivity index (χ3v) is 3.95. The summed E-state index contributed by atoms with van der Waals surface area (Å²) in [6, 6.07) is 0. The van der Waals surface area contributed by atoms with Crippen LogP contribution in [0, 0.1) is 0 Å². The van der Waals surface area contributed by atoms with Gasteiger partial charge < -0.3 is 14.8 Å². The zero-order chi connectivity index (χ0) is 13.1. The SMILES string of the molecule is Clc1cncnc1NCC12COCCN1CCOC2. The molecule has 1 N–H and O–H groups in total. The van der Waals surface area contributed by atoms with Crippen molar-refractivity contribution in [3.05, 3.63) is 17.5 Å². The Morgan fingerprint density at radius 1 is 1.32 bits per heavy atom. The second-order valence-electron chi connectivity index (χ2n) is 4.89. The molecule has 0 atom stereocenters. The van der Waals surface area contributed by atoms with Crippen molar-refractivity contribution < 1.29 is 9.47 Å². The van der Waals surface area contributed by atoms with E-state index < -0.39 is 0 Å². The summed E-state index contributed by atoms with van der Waals surface area (Å²) in [4.78, 5) is 10.5. The fourth-order valence-corrected chi connectivity index (χ4v) is 2.76. The van der Waals surface area contributed by atoms with Crippen LogP contribution in [-0.2, 0) is 9.47 Å². The molecule has 2 aliphatic heterocycles. The molecule has 1 aromatic rings. The van der Waals surface area contributed by atoms with Crippen molar-refractivity contribution in [3.8, 4) is 0 Å². The third kappa shape index (κ3) is 2.67. The monoisotopic (exact) mass is 284 g/mol. The second-order valence-corrected chi connectivity index (χ2v) is 5.30. The lowest BCUT2D eigenvalue weighted by molar-refractivity contribution is -0.135. The number of hydrogen-bond acceptors (Lipinski definition) is 6. The van der Waals surface area contributed by atoms with E-state index in [1.165, 1.54) is 6.33 Å². The summed E-state index contributed by atoms with van der Waals surface area (Å²) in [6.07, 6.45) is 3.07. The first kappa shape index (κ1) is 13.1. The van der Waals surface area contributed by atoms with Gasteiger partial charge in [0.05, 0.1) is 38.2 Å². The second kappa shape index (κ2) is 5.58. The van der Waals surface area contributed by atoms with Crippen molar-refractivity contribution in [2.45, 2.75) is 5.54 Å². The predicted octanol–water partition coefficient (Wildman–Crippen LogP) is 0.643. The number of aromatic nitrogens is 2. The molecule has 2 aliphatic rings. The van der Waals surface area contributed by atoms with Gasteiger partial charge in [-0.2, -0.15) is 0 Å². The molecule has 104 valence electrons. The van der Waals surface area contributed by atoms with Crippen LogP contribution in [0.15, 0.2) is 12.5 Å². The van der Waals surface area contributed by atoms with E-state index in [0.29, 0.717) is 30.6 Å². The summed E-state index contributed by atoms with van der Waals surface area (Å²) in [5.41, 5.74) is -0.120. The molecular formula is C12H17ClN4O2. The Hall–Kier alpha value is -0.950. The standard InChI is InChI=1S/C12H17ClN4O2/c13-10-5-14-9-16-11(10)15-6-12-7-18-3-1-17(12)2-4-19-8-12/h5,9H,1-4,6-8H2,(H,14,15,16). The Kier molecular flexibility index (Phi) is 3.83. The maximum Gasteiger partial charge on any atom is 0.148 e. The first-order valence-corrected chi connectivity index (χ1v) is 6.78. The smallest absolute Gasteiger partial charge is 0.148 e. The molecule has 0 radical (unpaired) electrons. The van der Waals surface area contributed by atoms with Gasteiger partial charge in [-0.15, -0.1) is 0 Å². The maximum absolute atomic E-state index is 6.05. The Morgan fingerprint density at radius 3 is 2.74 bits per heavy atom. The van der Waals surface area contributed by atoms with Crippen LogP contribution in [0.25, 0.3) is 0 Å². The van der Waals surface area contributed by atoms with E-state index in [2.05, 4.69) is 20.2 Å². The van der Waals surface area contributed by atoms with Gasteiger partial charge in [-0.05, 0) is 0 Å². The number of nitrogens with one attached hydrogen (secondary N) is 1. The van der Waals surface area contributed by atoms with Gasteiger partial charge in [0.1, 0.15) is 17.2 Å². The van der Waals surface area contributed by atoms with Crippen molar-refractivity contribution >= 4 is 17.4 Å². The number of rotatable bonds is 3. The van der Waals surface area contributed by atoms with E-state index in [-0.39, 0.29) is 5.54 Å². The molecule has 0 aromatic carbocycles. The molecule has 3 heterocycles. The molecule has 19 heavy (non-hydrogen) atoms. The summed E-state index contributed by atoms with van der Waals surface area (Å²) in [7, 11) is 0. The zero-order valence-electron chi connectivity index (χ0n) is 10.6. The Morgan fingerprint density at radius 2 is 2.05 bits per heavy atom. The molecule has 3 rings (SSSR count). The fourth-order valence-electron chi connectivity index (χ4n) is 2.59. The number of morpholine rings is 2. The highest BCUT2D eigenvalue weighted by atomic mass is 35.5. The van der Waals surface area contributed by atoms with E-state index in [1.54, 1.807) is 6.20 Å². The molecule has 0 aliphatic carbocycles. The zero-order valence-corrected chi connectivity index (χ0v) is 11.4. The number of fused-ring (bicyclic) bond motifs is 1. The largest absolute Gasteiger partial charge is 0.378 e. The lowest BCUT2D eigenvalue weighted by Crippen LogP contribution is -2.66. The number of hydrogen-bond donors (Lipinski definition) is 1. The van der Waals surface area contributed by atoms with Crippen LogP contribution >= 0.6 is 11.6 Å². The highest BCUT2D eigenvalue weighted by Gasteiger charge is 2.42. The highest BCUT2D eigenvalue weighted by molar-refractivity contribution is 6.32. The van der Waals surface area contributed by atoms with E-state index in [4.69, 9.17) is 21.1 Å². The summed E-state index contributed by atoms with van der Waals surface area (Å²) < 4.78 is 11.3. The first-order chi connectivity index (χ1) is 9.30. The molecule has 0 bridgehead atoms. The van der Waals surface area contributed by atoms with Crippen molar-refractivity contribution in [3.63, 3.8) is 0 Å². The molecule has 6 nitrogen and oxygen atoms in total. The van der Waals surface area contributed by atoms with E-state index in [0.717, 1.165) is 26.3 Å². The minimum atomic E-state index is -0.120. The fraction of sp³-hybridized carbons (Fsp3) is 0.667. The summed E-state index contributed by atoms with van der Waals surface area (Å²) in [5.74, 6) is 0.655. The molecule has 0 saturated carbocycles. The van der Waals surface area contributed by atoms with Crippen molar-refractivity contribution in [2.75, 3.05) is 51.4 Å². The Bertz CT molecular complexity index is 433. The van der Waals surface area contributed by atoms with Crippen LogP contribution < -0.4 is 5.32 Å². The molecule has 2 saturated heterocycles. The maximum atomic E-state index is 6.05. The number of nitrogens with zero attached hydrogens (tertiary/aromatic N) is 3. The number of anilines is 1. The lowest BCUT2D eigenvalue weighted by Gasteiger charge is -2.49. The Balaban J connectivity index is 1.71. The molecule has 0 spiro atoms. The van der Waals surface area contributed by atoms with Gasteiger partial charge in [0, 0.05) is 19.6 Å². The van der Waals surface area contributed by atoms with Gasteiger partial charge in [0.15, 0.2) is 0 Å². The van der Waals surface area contributed by atoms with Gasteiger partial charge in [-0.3, -0.25) is 4.90 Å². The minimum Gasteiger partial charge on any atom is -0.378 e. The van der Waals surface area contributed by atoms with Crippen LogP contribution in [0.4, 0.5) is 5.82 Å². The molecule has 2 fully saturated rings. The lowest BCUT2D eigenvalue weighted by atomic mass is 9.96. The third-order valence-electron chi connectivity index (χ3n) is 3.68. The topological polar surface area (TPSA) is 59.5 Å². The van der Waals surface area contributed by atoms with Gasteiger partial charge in [-0.1, -0.05) is 11.6 Å².